The summed E-state index contributed by atoms with van der Waals surface area (Å²) in [6.45, 7) is 1.01. The van der Waals surface area contributed by atoms with Crippen molar-refractivity contribution in [1.29, 1.82) is 0 Å². The van der Waals surface area contributed by atoms with Crippen molar-refractivity contribution in [3.05, 3.63) is 35.4 Å². The van der Waals surface area contributed by atoms with Gasteiger partial charge in [-0.1, -0.05) is 6.07 Å². The molecule has 0 aliphatic carbocycles. The number of hydrogen-bond donors (Lipinski definition) is 2. The number of hydrogen-bond acceptors (Lipinski definition) is 2. The summed E-state index contributed by atoms with van der Waals surface area (Å²) in [6, 6.07) is 3.28. The fraction of sp³-hybridized carbons (Fsp3) is 0.417. The van der Waals surface area contributed by atoms with E-state index in [1.54, 1.807) is 0 Å². The van der Waals surface area contributed by atoms with Crippen LogP contribution < -0.4 is 5.32 Å². The van der Waals surface area contributed by atoms with Crippen LogP contribution in [0.3, 0.4) is 0 Å². The maximum absolute atomic E-state index is 13.6. The predicted molar refractivity (Wildman–Crippen MR) is 57.7 cm³/mol. The van der Waals surface area contributed by atoms with Crippen molar-refractivity contribution >= 4 is 5.97 Å². The van der Waals surface area contributed by atoms with Crippen LogP contribution in [-0.2, 0) is 4.79 Å². The second-order valence-corrected chi connectivity index (χ2v) is 4.21. The largest absolute Gasteiger partial charge is 0.481 e. The van der Waals surface area contributed by atoms with Gasteiger partial charge in [0, 0.05) is 18.5 Å². The fourth-order valence-electron chi connectivity index (χ4n) is 2.28. The van der Waals surface area contributed by atoms with Gasteiger partial charge in [-0.3, -0.25) is 4.79 Å². The number of nitrogens with one attached hydrogen (secondary N) is 1. The highest BCUT2D eigenvalue weighted by Crippen LogP contribution is 2.31. The quantitative estimate of drug-likeness (QED) is 0.829. The third-order valence-corrected chi connectivity index (χ3v) is 3.16. The number of halogens is 2. The van der Waals surface area contributed by atoms with E-state index in [1.807, 2.05) is 0 Å². The summed E-state index contributed by atoms with van der Waals surface area (Å²) in [5.74, 6) is -3.31. The van der Waals surface area contributed by atoms with Crippen molar-refractivity contribution < 1.29 is 18.7 Å². The van der Waals surface area contributed by atoms with Crippen LogP contribution in [0.15, 0.2) is 18.2 Å². The molecule has 1 aromatic carbocycles. The van der Waals surface area contributed by atoms with Gasteiger partial charge in [0.05, 0.1) is 5.92 Å². The minimum absolute atomic E-state index is 0.269. The van der Waals surface area contributed by atoms with Crippen molar-refractivity contribution in [2.75, 3.05) is 13.1 Å². The van der Waals surface area contributed by atoms with Crippen LogP contribution in [-0.4, -0.2) is 24.2 Å². The van der Waals surface area contributed by atoms with E-state index in [-0.39, 0.29) is 5.56 Å². The van der Waals surface area contributed by atoms with E-state index in [2.05, 4.69) is 5.32 Å². The van der Waals surface area contributed by atoms with Gasteiger partial charge in [-0.05, 0) is 24.6 Å². The van der Waals surface area contributed by atoms with Crippen LogP contribution in [0.1, 0.15) is 17.9 Å². The molecule has 92 valence electrons. The van der Waals surface area contributed by atoms with Crippen molar-refractivity contribution in [3.63, 3.8) is 0 Å². The molecule has 2 rings (SSSR count). The Bertz CT molecular complexity index is 437. The molecule has 1 heterocycles. The SMILES string of the molecule is O=C(O)C1CCNCC1c1ccc(F)cc1F. The molecule has 17 heavy (non-hydrogen) atoms. The summed E-state index contributed by atoms with van der Waals surface area (Å²) in [4.78, 5) is 11.1. The van der Waals surface area contributed by atoms with Crippen LogP contribution in [0, 0.1) is 17.6 Å². The number of benzene rings is 1. The monoisotopic (exact) mass is 241 g/mol. The van der Waals surface area contributed by atoms with Crippen LogP contribution >= 0.6 is 0 Å². The molecule has 2 N–H and O–H groups in total. The van der Waals surface area contributed by atoms with Gasteiger partial charge < -0.3 is 10.4 Å². The van der Waals surface area contributed by atoms with Gasteiger partial charge in [-0.2, -0.15) is 0 Å². The zero-order valence-corrected chi connectivity index (χ0v) is 9.12. The second kappa shape index (κ2) is 4.79. The summed E-state index contributed by atoms with van der Waals surface area (Å²) in [5, 5.41) is 12.1. The molecule has 1 aliphatic heterocycles. The molecule has 0 saturated carbocycles. The zero-order chi connectivity index (χ0) is 12.4. The molecule has 1 aliphatic rings. The molecule has 2 unspecified atom stereocenters. The summed E-state index contributed by atoms with van der Waals surface area (Å²) in [5.41, 5.74) is 0.269. The Hall–Kier alpha value is -1.49. The van der Waals surface area contributed by atoms with E-state index >= 15 is 0 Å². The Morgan fingerprint density at radius 2 is 2.18 bits per heavy atom. The molecule has 3 nitrogen and oxygen atoms in total. The highest BCUT2D eigenvalue weighted by Gasteiger charge is 2.33. The number of rotatable bonds is 2. The van der Waals surface area contributed by atoms with Gasteiger partial charge >= 0.3 is 5.97 Å². The van der Waals surface area contributed by atoms with E-state index in [9.17, 15) is 13.6 Å². The summed E-state index contributed by atoms with van der Waals surface area (Å²) < 4.78 is 26.4. The van der Waals surface area contributed by atoms with Gasteiger partial charge in [-0.15, -0.1) is 0 Å². The third kappa shape index (κ3) is 2.44. The first-order chi connectivity index (χ1) is 8.09. The molecule has 0 radical (unpaired) electrons. The predicted octanol–water partition coefficient (Wildman–Crippen LogP) is 1.74. The second-order valence-electron chi connectivity index (χ2n) is 4.21. The molecule has 0 spiro atoms. The molecule has 1 fully saturated rings. The minimum Gasteiger partial charge on any atom is -0.481 e. The van der Waals surface area contributed by atoms with E-state index < -0.39 is 29.4 Å². The standard InChI is InChI=1S/C12H13F2NO2/c13-7-1-2-8(11(14)5-7)10-6-15-4-3-9(10)12(16)17/h1-2,5,9-10,15H,3-4,6H2,(H,16,17). The first-order valence-corrected chi connectivity index (χ1v) is 5.48. The molecule has 1 saturated heterocycles. The van der Waals surface area contributed by atoms with Crippen LogP contribution in [0.5, 0.6) is 0 Å². The van der Waals surface area contributed by atoms with Crippen molar-refractivity contribution in [3.8, 4) is 0 Å². The first-order valence-electron chi connectivity index (χ1n) is 5.48. The molecule has 0 bridgehead atoms. The number of carboxylic acids is 1. The Morgan fingerprint density at radius 1 is 1.41 bits per heavy atom. The molecule has 2 atom stereocenters. The van der Waals surface area contributed by atoms with Crippen molar-refractivity contribution in [2.45, 2.75) is 12.3 Å². The number of piperidine rings is 1. The van der Waals surface area contributed by atoms with Gasteiger partial charge in [0.2, 0.25) is 0 Å². The maximum atomic E-state index is 13.6. The molecule has 0 amide bonds. The van der Waals surface area contributed by atoms with Gasteiger partial charge in [0.1, 0.15) is 11.6 Å². The fourth-order valence-corrected chi connectivity index (χ4v) is 2.28. The Labute approximate surface area is 97.5 Å². The lowest BCUT2D eigenvalue weighted by molar-refractivity contribution is -0.143. The average molecular weight is 241 g/mol. The summed E-state index contributed by atoms with van der Waals surface area (Å²) in [7, 11) is 0. The average Bonchev–Trinajstić information content (AvgIpc) is 2.29. The molecule has 0 aromatic heterocycles. The molecule has 1 aromatic rings. The summed E-state index contributed by atoms with van der Waals surface area (Å²) in [6.07, 6.45) is 0.455. The van der Waals surface area contributed by atoms with Gasteiger partial charge in [-0.25, -0.2) is 8.78 Å². The van der Waals surface area contributed by atoms with E-state index in [0.717, 1.165) is 12.1 Å². The van der Waals surface area contributed by atoms with Crippen molar-refractivity contribution in [1.82, 2.24) is 5.32 Å². The normalized spacial score (nSPS) is 24.6. The number of aliphatic carboxylic acids is 1. The maximum Gasteiger partial charge on any atom is 0.307 e. The minimum atomic E-state index is -0.930. The van der Waals surface area contributed by atoms with E-state index in [1.165, 1.54) is 6.07 Å². The molecule has 5 heteroatoms. The van der Waals surface area contributed by atoms with E-state index in [4.69, 9.17) is 5.11 Å². The lowest BCUT2D eigenvalue weighted by Gasteiger charge is -2.29. The first kappa shape index (κ1) is 12.0. The highest BCUT2D eigenvalue weighted by molar-refractivity contribution is 5.71. The Morgan fingerprint density at radius 3 is 2.82 bits per heavy atom. The third-order valence-electron chi connectivity index (χ3n) is 3.16. The van der Waals surface area contributed by atoms with Crippen molar-refractivity contribution in [2.24, 2.45) is 5.92 Å². The van der Waals surface area contributed by atoms with Gasteiger partial charge in [0.25, 0.3) is 0 Å². The van der Waals surface area contributed by atoms with Crippen LogP contribution in [0.4, 0.5) is 8.78 Å². The summed E-state index contributed by atoms with van der Waals surface area (Å²) >= 11 is 0. The lowest BCUT2D eigenvalue weighted by atomic mass is 9.81. The van der Waals surface area contributed by atoms with E-state index in [0.29, 0.717) is 19.5 Å². The lowest BCUT2D eigenvalue weighted by Crippen LogP contribution is -2.39. The number of carbonyl (C=O) groups is 1. The van der Waals surface area contributed by atoms with Gasteiger partial charge in [0.15, 0.2) is 0 Å². The number of carboxylic acid groups (broad SMARTS) is 1. The Balaban J connectivity index is 2.32. The molecular formula is C12H13F2NO2. The van der Waals surface area contributed by atoms with Crippen LogP contribution in [0.25, 0.3) is 0 Å². The topological polar surface area (TPSA) is 49.3 Å². The zero-order valence-electron chi connectivity index (χ0n) is 9.12. The smallest absolute Gasteiger partial charge is 0.307 e. The van der Waals surface area contributed by atoms with Crippen LogP contribution in [0.2, 0.25) is 0 Å². The Kier molecular flexibility index (Phi) is 3.38. The highest BCUT2D eigenvalue weighted by atomic mass is 19.1. The molecular weight excluding hydrogens is 228 g/mol.